The number of hydrogen-bond donors (Lipinski definition) is 1. The molecule has 1 aromatic heterocycles. The van der Waals surface area contributed by atoms with Crippen molar-refractivity contribution in [1.82, 2.24) is 9.97 Å². The molecule has 0 spiro atoms. The molecule has 1 N–H and O–H groups in total. The highest BCUT2D eigenvalue weighted by molar-refractivity contribution is 5.91. The number of benzene rings is 1. The fourth-order valence-electron chi connectivity index (χ4n) is 2.91. The summed E-state index contributed by atoms with van der Waals surface area (Å²) >= 11 is 0. The number of rotatable bonds is 4. The molecule has 1 aromatic carbocycles. The highest BCUT2D eigenvalue weighted by Gasteiger charge is 2.30. The molecular formula is C16H16FN5O3. The number of aromatic nitrogens is 2. The van der Waals surface area contributed by atoms with Crippen LogP contribution in [0.1, 0.15) is 12.8 Å². The van der Waals surface area contributed by atoms with Crippen molar-refractivity contribution in [2.45, 2.75) is 12.8 Å². The number of carbonyl (C=O) groups excluding carboxylic acids is 1. The highest BCUT2D eigenvalue weighted by Crippen LogP contribution is 2.33. The van der Waals surface area contributed by atoms with Crippen LogP contribution in [0.5, 0.6) is 0 Å². The van der Waals surface area contributed by atoms with Crippen LogP contribution in [0.3, 0.4) is 0 Å². The van der Waals surface area contributed by atoms with Gasteiger partial charge in [0, 0.05) is 31.4 Å². The van der Waals surface area contributed by atoms with Crippen LogP contribution in [-0.2, 0) is 4.79 Å². The van der Waals surface area contributed by atoms with Gasteiger partial charge in [-0.05, 0) is 25.0 Å². The molecule has 1 saturated heterocycles. The summed E-state index contributed by atoms with van der Waals surface area (Å²) in [5.74, 6) is -0.861. The Bertz CT molecular complexity index is 779. The predicted octanol–water partition coefficient (Wildman–Crippen LogP) is 2.38. The molecule has 3 rings (SSSR count). The monoisotopic (exact) mass is 345 g/mol. The van der Waals surface area contributed by atoms with Gasteiger partial charge in [0.2, 0.25) is 11.7 Å². The molecule has 0 aliphatic carbocycles. The summed E-state index contributed by atoms with van der Waals surface area (Å²) in [7, 11) is 0. The smallest absolute Gasteiger partial charge is 0.327 e. The summed E-state index contributed by atoms with van der Waals surface area (Å²) < 4.78 is 13.8. The van der Waals surface area contributed by atoms with Gasteiger partial charge in [-0.1, -0.05) is 6.07 Å². The van der Waals surface area contributed by atoms with Gasteiger partial charge in [0.05, 0.1) is 11.1 Å². The molecule has 2 heterocycles. The second-order valence-corrected chi connectivity index (χ2v) is 5.71. The zero-order valence-corrected chi connectivity index (χ0v) is 13.3. The molecule has 130 valence electrons. The number of anilines is 2. The first-order valence-corrected chi connectivity index (χ1v) is 7.81. The van der Waals surface area contributed by atoms with E-state index in [1.807, 2.05) is 0 Å². The molecule has 0 bridgehead atoms. The summed E-state index contributed by atoms with van der Waals surface area (Å²) in [6.07, 6.45) is 5.49. The Morgan fingerprint density at radius 2 is 2.08 bits per heavy atom. The van der Waals surface area contributed by atoms with Gasteiger partial charge in [0.25, 0.3) is 0 Å². The first-order chi connectivity index (χ1) is 12.1. The molecule has 2 aromatic rings. The first-order valence-electron chi connectivity index (χ1n) is 7.81. The molecule has 1 amide bonds. The van der Waals surface area contributed by atoms with Crippen molar-refractivity contribution in [3.05, 3.63) is 52.7 Å². The average molecular weight is 345 g/mol. The lowest BCUT2D eigenvalue weighted by molar-refractivity contribution is -0.386. The topological polar surface area (TPSA) is 101 Å². The minimum absolute atomic E-state index is 0.158. The Hall–Kier alpha value is -3.10. The lowest BCUT2D eigenvalue weighted by atomic mass is 9.95. The van der Waals surface area contributed by atoms with E-state index in [1.54, 1.807) is 4.90 Å². The average Bonchev–Trinajstić information content (AvgIpc) is 2.62. The quantitative estimate of drug-likeness (QED) is 0.674. The summed E-state index contributed by atoms with van der Waals surface area (Å²) in [6, 6.07) is 4.05. The molecule has 0 unspecified atom stereocenters. The summed E-state index contributed by atoms with van der Waals surface area (Å²) in [5.41, 5.74) is -0.275. The van der Waals surface area contributed by atoms with E-state index in [0.717, 1.165) is 6.07 Å². The van der Waals surface area contributed by atoms with Crippen molar-refractivity contribution in [3.63, 3.8) is 0 Å². The number of nitro benzene ring substituents is 1. The van der Waals surface area contributed by atoms with Crippen molar-refractivity contribution in [2.75, 3.05) is 23.3 Å². The second kappa shape index (κ2) is 7.20. The first kappa shape index (κ1) is 16.7. The largest absolute Gasteiger partial charge is 0.366 e. The zero-order chi connectivity index (χ0) is 17.8. The van der Waals surface area contributed by atoms with E-state index in [-0.39, 0.29) is 17.5 Å². The van der Waals surface area contributed by atoms with E-state index in [1.165, 1.54) is 30.7 Å². The molecule has 0 radical (unpaired) electrons. The van der Waals surface area contributed by atoms with Gasteiger partial charge in [0.15, 0.2) is 5.82 Å². The molecule has 25 heavy (non-hydrogen) atoms. The summed E-state index contributed by atoms with van der Waals surface area (Å²) in [5, 5.41) is 13.8. The maximum Gasteiger partial charge on any atom is 0.327 e. The van der Waals surface area contributed by atoms with Crippen molar-refractivity contribution < 1.29 is 14.1 Å². The van der Waals surface area contributed by atoms with E-state index in [9.17, 15) is 19.3 Å². The summed E-state index contributed by atoms with van der Waals surface area (Å²) in [4.78, 5) is 32.3. The number of hydrogen-bond acceptors (Lipinski definition) is 6. The molecule has 9 heteroatoms. The van der Waals surface area contributed by atoms with Crippen LogP contribution >= 0.6 is 0 Å². The number of nitrogens with zero attached hydrogens (tertiary/aromatic N) is 4. The minimum Gasteiger partial charge on any atom is -0.366 e. The van der Waals surface area contributed by atoms with E-state index < -0.39 is 16.4 Å². The van der Waals surface area contributed by atoms with Crippen LogP contribution in [0.25, 0.3) is 0 Å². The normalized spacial score (nSPS) is 15.0. The van der Waals surface area contributed by atoms with Crippen LogP contribution in [0.2, 0.25) is 0 Å². The molecule has 0 atom stereocenters. The molecule has 1 fully saturated rings. The van der Waals surface area contributed by atoms with Gasteiger partial charge in [-0.2, -0.15) is 4.39 Å². The fourth-order valence-corrected chi connectivity index (χ4v) is 2.91. The molecule has 1 aliphatic heterocycles. The number of nitrogens with one attached hydrogen (secondary N) is 1. The Morgan fingerprint density at radius 1 is 1.32 bits per heavy atom. The summed E-state index contributed by atoms with van der Waals surface area (Å²) in [6.45, 7) is 0.867. The van der Waals surface area contributed by atoms with E-state index >= 15 is 0 Å². The predicted molar refractivity (Wildman–Crippen MR) is 88.7 cm³/mol. The van der Waals surface area contributed by atoms with Crippen molar-refractivity contribution >= 4 is 23.1 Å². The van der Waals surface area contributed by atoms with E-state index in [2.05, 4.69) is 15.3 Å². The number of halogens is 1. The Labute approximate surface area is 142 Å². The van der Waals surface area contributed by atoms with Crippen molar-refractivity contribution in [3.8, 4) is 0 Å². The van der Waals surface area contributed by atoms with Crippen LogP contribution in [0.15, 0.2) is 36.8 Å². The van der Waals surface area contributed by atoms with Crippen LogP contribution in [-0.4, -0.2) is 33.9 Å². The molecule has 8 nitrogen and oxygen atoms in total. The van der Waals surface area contributed by atoms with Gasteiger partial charge >= 0.3 is 5.69 Å². The Morgan fingerprint density at radius 3 is 2.72 bits per heavy atom. The van der Waals surface area contributed by atoms with Gasteiger partial charge in [0.1, 0.15) is 5.69 Å². The number of nitro groups is 1. The second-order valence-electron chi connectivity index (χ2n) is 5.71. The number of amides is 1. The third-order valence-corrected chi connectivity index (χ3v) is 4.17. The maximum absolute atomic E-state index is 13.8. The minimum atomic E-state index is -0.856. The van der Waals surface area contributed by atoms with E-state index in [0.29, 0.717) is 31.7 Å². The lowest BCUT2D eigenvalue weighted by Gasteiger charge is -2.32. The van der Waals surface area contributed by atoms with Gasteiger partial charge < -0.3 is 10.2 Å². The van der Waals surface area contributed by atoms with Crippen LogP contribution in [0, 0.1) is 21.8 Å². The Kier molecular flexibility index (Phi) is 4.82. The molecule has 1 aliphatic rings. The number of piperidine rings is 1. The highest BCUT2D eigenvalue weighted by atomic mass is 19.1. The van der Waals surface area contributed by atoms with Crippen molar-refractivity contribution in [2.24, 2.45) is 5.92 Å². The van der Waals surface area contributed by atoms with Gasteiger partial charge in [-0.15, -0.1) is 0 Å². The lowest BCUT2D eigenvalue weighted by Crippen LogP contribution is -2.38. The van der Waals surface area contributed by atoms with Crippen LogP contribution < -0.4 is 10.2 Å². The molecular weight excluding hydrogens is 329 g/mol. The van der Waals surface area contributed by atoms with E-state index in [4.69, 9.17) is 0 Å². The standard InChI is InChI=1S/C16H16FN5O3/c17-12-2-1-3-13(15(12)22(24)25)21-8-4-11(5-9-21)16(23)20-14-10-18-6-7-19-14/h1-3,6-7,10-11H,4-5,8-9H2,(H,19,20,23). The van der Waals surface area contributed by atoms with Gasteiger partial charge in [-0.3, -0.25) is 19.9 Å². The van der Waals surface area contributed by atoms with Crippen LogP contribution in [0.4, 0.5) is 21.6 Å². The maximum atomic E-state index is 13.8. The SMILES string of the molecule is O=C(Nc1cnccn1)C1CCN(c2cccc(F)c2[N+](=O)[O-])CC1. The Balaban J connectivity index is 1.65. The number of para-hydroxylation sites is 1. The van der Waals surface area contributed by atoms with Crippen molar-refractivity contribution in [1.29, 1.82) is 0 Å². The van der Waals surface area contributed by atoms with Gasteiger partial charge in [-0.25, -0.2) is 4.98 Å². The fraction of sp³-hybridized carbons (Fsp3) is 0.312. The third kappa shape index (κ3) is 3.70. The zero-order valence-electron chi connectivity index (χ0n) is 13.3. The number of carbonyl (C=O) groups is 1. The third-order valence-electron chi connectivity index (χ3n) is 4.17. The molecule has 0 saturated carbocycles.